The van der Waals surface area contributed by atoms with Crippen molar-refractivity contribution in [2.45, 2.75) is 36.9 Å². The lowest BCUT2D eigenvalue weighted by molar-refractivity contribution is 0.300. The number of aliphatic hydroxyl groups excluding tert-OH is 1. The van der Waals surface area contributed by atoms with Crippen molar-refractivity contribution >= 4 is 21.4 Å². The SMILES string of the molecule is CC(C)CC(CN(C)C)NS(=O)(=O)c1ccc(CCO)s1. The van der Waals surface area contributed by atoms with E-state index >= 15 is 0 Å². The minimum Gasteiger partial charge on any atom is -0.396 e. The zero-order valence-electron chi connectivity index (χ0n) is 13.2. The van der Waals surface area contributed by atoms with Crippen LogP contribution in [0.5, 0.6) is 0 Å². The highest BCUT2D eigenvalue weighted by atomic mass is 32.2. The number of likely N-dealkylation sites (N-methyl/N-ethyl adjacent to an activating group) is 1. The van der Waals surface area contributed by atoms with Gasteiger partial charge in [-0.25, -0.2) is 13.1 Å². The van der Waals surface area contributed by atoms with E-state index in [9.17, 15) is 8.42 Å². The number of nitrogens with zero attached hydrogens (tertiary/aromatic N) is 1. The molecule has 0 aliphatic rings. The van der Waals surface area contributed by atoms with E-state index in [2.05, 4.69) is 18.6 Å². The summed E-state index contributed by atoms with van der Waals surface area (Å²) in [6, 6.07) is 3.27. The lowest BCUT2D eigenvalue weighted by atomic mass is 10.0. The van der Waals surface area contributed by atoms with E-state index in [1.54, 1.807) is 12.1 Å². The van der Waals surface area contributed by atoms with Crippen LogP contribution in [0.4, 0.5) is 0 Å². The molecule has 122 valence electrons. The average molecular weight is 335 g/mol. The van der Waals surface area contributed by atoms with Crippen LogP contribution in [0.25, 0.3) is 0 Å². The maximum atomic E-state index is 12.4. The Balaban J connectivity index is 2.83. The van der Waals surface area contributed by atoms with Crippen LogP contribution in [0, 0.1) is 5.92 Å². The van der Waals surface area contributed by atoms with Gasteiger partial charge in [-0.3, -0.25) is 0 Å². The van der Waals surface area contributed by atoms with Gasteiger partial charge in [0.2, 0.25) is 10.0 Å². The third-order valence-electron chi connectivity index (χ3n) is 2.92. The van der Waals surface area contributed by atoms with Crippen molar-refractivity contribution in [1.82, 2.24) is 9.62 Å². The van der Waals surface area contributed by atoms with Gasteiger partial charge >= 0.3 is 0 Å². The van der Waals surface area contributed by atoms with E-state index < -0.39 is 10.0 Å². The lowest BCUT2D eigenvalue weighted by Gasteiger charge is -2.23. The second-order valence-electron chi connectivity index (χ2n) is 5.90. The Hall–Kier alpha value is -0.470. The van der Waals surface area contributed by atoms with Crippen molar-refractivity contribution in [2.75, 3.05) is 27.2 Å². The summed E-state index contributed by atoms with van der Waals surface area (Å²) >= 11 is 1.22. The van der Waals surface area contributed by atoms with Crippen molar-refractivity contribution in [3.8, 4) is 0 Å². The van der Waals surface area contributed by atoms with Gasteiger partial charge in [0.25, 0.3) is 0 Å². The monoisotopic (exact) mass is 334 g/mol. The number of sulfonamides is 1. The highest BCUT2D eigenvalue weighted by Crippen LogP contribution is 2.22. The molecule has 1 rings (SSSR count). The normalized spacial score (nSPS) is 14.0. The summed E-state index contributed by atoms with van der Waals surface area (Å²) in [4.78, 5) is 2.87. The van der Waals surface area contributed by atoms with Crippen LogP contribution in [-0.2, 0) is 16.4 Å². The van der Waals surface area contributed by atoms with Crippen LogP contribution < -0.4 is 4.72 Å². The van der Waals surface area contributed by atoms with Crippen molar-refractivity contribution < 1.29 is 13.5 Å². The predicted molar refractivity (Wildman–Crippen MR) is 87.2 cm³/mol. The Morgan fingerprint density at radius 2 is 2.00 bits per heavy atom. The molecule has 1 atom stereocenters. The third kappa shape index (κ3) is 6.44. The number of hydrogen-bond donors (Lipinski definition) is 2. The molecule has 0 aromatic carbocycles. The maximum absolute atomic E-state index is 12.4. The fourth-order valence-electron chi connectivity index (χ4n) is 2.19. The predicted octanol–water partition coefficient (Wildman–Crippen LogP) is 1.54. The van der Waals surface area contributed by atoms with E-state index in [1.165, 1.54) is 11.3 Å². The molecule has 0 amide bonds. The van der Waals surface area contributed by atoms with Gasteiger partial charge in [-0.05, 0) is 38.6 Å². The minimum atomic E-state index is -3.49. The molecule has 0 spiro atoms. The second-order valence-corrected chi connectivity index (χ2v) is 9.01. The van der Waals surface area contributed by atoms with E-state index in [1.807, 2.05) is 19.0 Å². The molecule has 5 nitrogen and oxygen atoms in total. The topological polar surface area (TPSA) is 69.6 Å². The molecule has 21 heavy (non-hydrogen) atoms. The summed E-state index contributed by atoms with van der Waals surface area (Å²) in [5.74, 6) is 0.422. The number of nitrogens with one attached hydrogen (secondary N) is 1. The third-order valence-corrected chi connectivity index (χ3v) is 6.08. The molecule has 0 saturated heterocycles. The highest BCUT2D eigenvalue weighted by Gasteiger charge is 2.23. The molecular weight excluding hydrogens is 308 g/mol. The Morgan fingerprint density at radius 1 is 1.33 bits per heavy atom. The summed E-state index contributed by atoms with van der Waals surface area (Å²) in [5.41, 5.74) is 0. The molecule has 1 unspecified atom stereocenters. The van der Waals surface area contributed by atoms with E-state index in [4.69, 9.17) is 5.11 Å². The van der Waals surface area contributed by atoms with Crippen molar-refractivity contribution in [2.24, 2.45) is 5.92 Å². The Bertz CT molecular complexity index is 514. The van der Waals surface area contributed by atoms with Crippen molar-refractivity contribution in [3.63, 3.8) is 0 Å². The molecule has 2 N–H and O–H groups in total. The van der Waals surface area contributed by atoms with Gasteiger partial charge in [-0.1, -0.05) is 13.8 Å². The zero-order valence-corrected chi connectivity index (χ0v) is 14.8. The maximum Gasteiger partial charge on any atom is 0.250 e. The van der Waals surface area contributed by atoms with Crippen molar-refractivity contribution in [1.29, 1.82) is 0 Å². The van der Waals surface area contributed by atoms with Gasteiger partial charge < -0.3 is 10.0 Å². The first-order chi connectivity index (χ1) is 9.74. The van der Waals surface area contributed by atoms with Crippen molar-refractivity contribution in [3.05, 3.63) is 17.0 Å². The Morgan fingerprint density at radius 3 is 2.52 bits per heavy atom. The van der Waals surface area contributed by atoms with E-state index in [0.29, 0.717) is 23.1 Å². The Labute approximate surface area is 132 Å². The number of aliphatic hydroxyl groups is 1. The first-order valence-corrected chi connectivity index (χ1v) is 9.41. The molecule has 1 aromatic heterocycles. The molecule has 1 heterocycles. The van der Waals surface area contributed by atoms with Crippen LogP contribution in [0.2, 0.25) is 0 Å². The fourth-order valence-corrected chi connectivity index (χ4v) is 4.80. The van der Waals surface area contributed by atoms with Gasteiger partial charge in [0.1, 0.15) is 4.21 Å². The van der Waals surface area contributed by atoms with Crippen LogP contribution in [0.1, 0.15) is 25.1 Å². The van der Waals surface area contributed by atoms with Gasteiger partial charge in [0.15, 0.2) is 0 Å². The summed E-state index contributed by atoms with van der Waals surface area (Å²) in [6.45, 7) is 4.87. The number of thiophene rings is 1. The lowest BCUT2D eigenvalue weighted by Crippen LogP contribution is -2.42. The molecule has 0 aliphatic carbocycles. The van der Waals surface area contributed by atoms with Crippen LogP contribution >= 0.6 is 11.3 Å². The van der Waals surface area contributed by atoms with Gasteiger partial charge in [-0.15, -0.1) is 11.3 Å². The molecular formula is C14H26N2O3S2. The number of rotatable bonds is 9. The summed E-state index contributed by atoms with van der Waals surface area (Å²) in [6.07, 6.45) is 1.29. The second kappa shape index (κ2) is 8.24. The molecule has 0 fully saturated rings. The first-order valence-electron chi connectivity index (χ1n) is 7.11. The molecule has 0 saturated carbocycles. The molecule has 7 heteroatoms. The van der Waals surface area contributed by atoms with Gasteiger partial charge in [0, 0.05) is 30.5 Å². The smallest absolute Gasteiger partial charge is 0.250 e. The largest absolute Gasteiger partial charge is 0.396 e. The quantitative estimate of drug-likeness (QED) is 0.719. The molecule has 0 aliphatic heterocycles. The van der Waals surface area contributed by atoms with E-state index in [0.717, 1.165) is 11.3 Å². The fraction of sp³-hybridized carbons (Fsp3) is 0.714. The van der Waals surface area contributed by atoms with Gasteiger partial charge in [-0.2, -0.15) is 0 Å². The summed E-state index contributed by atoms with van der Waals surface area (Å²) in [7, 11) is 0.385. The van der Waals surface area contributed by atoms with Crippen LogP contribution in [0.3, 0.4) is 0 Å². The van der Waals surface area contributed by atoms with Gasteiger partial charge in [0.05, 0.1) is 0 Å². The molecule has 0 radical (unpaired) electrons. The first kappa shape index (κ1) is 18.6. The zero-order chi connectivity index (χ0) is 16.0. The summed E-state index contributed by atoms with van der Waals surface area (Å²) in [5, 5.41) is 8.91. The van der Waals surface area contributed by atoms with E-state index in [-0.39, 0.29) is 12.6 Å². The number of hydrogen-bond acceptors (Lipinski definition) is 5. The summed E-state index contributed by atoms with van der Waals surface area (Å²) < 4.78 is 28.0. The molecule has 1 aromatic rings. The van der Waals surface area contributed by atoms with Crippen LogP contribution in [0.15, 0.2) is 16.3 Å². The Kier molecular flexibility index (Phi) is 7.29. The minimum absolute atomic E-state index is 0.0318. The molecule has 0 bridgehead atoms. The average Bonchev–Trinajstić information content (AvgIpc) is 2.76. The standard InChI is InChI=1S/C14H26N2O3S2/c1-11(2)9-12(10-16(3)4)15-21(18,19)14-6-5-13(20-14)7-8-17/h5-6,11-12,15,17H,7-10H2,1-4H3. The van der Waals surface area contributed by atoms with Crippen LogP contribution in [-0.4, -0.2) is 51.7 Å². The highest BCUT2D eigenvalue weighted by molar-refractivity contribution is 7.91.